The van der Waals surface area contributed by atoms with Crippen LogP contribution in [0.25, 0.3) is 0 Å². The first-order valence-electron chi connectivity index (χ1n) is 6.98. The van der Waals surface area contributed by atoms with E-state index in [-0.39, 0.29) is 11.8 Å². The van der Waals surface area contributed by atoms with Crippen molar-refractivity contribution in [2.24, 2.45) is 5.92 Å². The lowest BCUT2D eigenvalue weighted by Gasteiger charge is -2.21. The highest BCUT2D eigenvalue weighted by atomic mass is 19.1. The number of aliphatic hydroxyl groups excluding tert-OH is 1. The zero-order valence-electron chi connectivity index (χ0n) is 11.7. The SMILES string of the molecule is CN(CC(O)C1CC1)C(=O)NCCc1ccccc1F. The summed E-state index contributed by atoms with van der Waals surface area (Å²) < 4.78 is 13.4. The minimum Gasteiger partial charge on any atom is -0.391 e. The number of nitrogens with zero attached hydrogens (tertiary/aromatic N) is 1. The highest BCUT2D eigenvalue weighted by molar-refractivity contribution is 5.73. The summed E-state index contributed by atoms with van der Waals surface area (Å²) in [6, 6.07) is 6.31. The fourth-order valence-corrected chi connectivity index (χ4v) is 2.13. The van der Waals surface area contributed by atoms with Crippen LogP contribution < -0.4 is 5.32 Å². The maximum Gasteiger partial charge on any atom is 0.317 e. The predicted molar refractivity (Wildman–Crippen MR) is 74.9 cm³/mol. The minimum atomic E-state index is -0.433. The maximum atomic E-state index is 13.4. The molecule has 1 fully saturated rings. The van der Waals surface area contributed by atoms with Crippen LogP contribution in [0.3, 0.4) is 0 Å². The summed E-state index contributed by atoms with van der Waals surface area (Å²) >= 11 is 0. The van der Waals surface area contributed by atoms with Crippen LogP contribution in [0, 0.1) is 11.7 Å². The van der Waals surface area contributed by atoms with E-state index in [9.17, 15) is 14.3 Å². The van der Waals surface area contributed by atoms with E-state index in [1.54, 1.807) is 25.2 Å². The Labute approximate surface area is 118 Å². The minimum absolute atomic E-state index is 0.235. The largest absolute Gasteiger partial charge is 0.391 e. The van der Waals surface area contributed by atoms with Gasteiger partial charge in [0.25, 0.3) is 0 Å². The number of hydrogen-bond acceptors (Lipinski definition) is 2. The van der Waals surface area contributed by atoms with Gasteiger partial charge in [0.1, 0.15) is 5.82 Å². The van der Waals surface area contributed by atoms with Gasteiger partial charge in [0, 0.05) is 20.1 Å². The van der Waals surface area contributed by atoms with E-state index in [0.29, 0.717) is 31.0 Å². The van der Waals surface area contributed by atoms with Gasteiger partial charge in [-0.2, -0.15) is 0 Å². The molecule has 2 rings (SSSR count). The van der Waals surface area contributed by atoms with Gasteiger partial charge in [0.05, 0.1) is 6.10 Å². The molecule has 5 heteroatoms. The molecule has 1 aliphatic rings. The van der Waals surface area contributed by atoms with E-state index in [2.05, 4.69) is 5.32 Å². The van der Waals surface area contributed by atoms with Crippen molar-refractivity contribution in [2.45, 2.75) is 25.4 Å². The highest BCUT2D eigenvalue weighted by Crippen LogP contribution is 2.32. The molecule has 0 heterocycles. The summed E-state index contributed by atoms with van der Waals surface area (Å²) in [4.78, 5) is 13.3. The number of nitrogens with one attached hydrogen (secondary N) is 1. The standard InChI is InChI=1S/C15H21FN2O2/c1-18(10-14(19)12-6-7-12)15(20)17-9-8-11-4-2-3-5-13(11)16/h2-5,12,14,19H,6-10H2,1H3,(H,17,20). The van der Waals surface area contributed by atoms with Crippen molar-refractivity contribution < 1.29 is 14.3 Å². The molecule has 0 bridgehead atoms. The average Bonchev–Trinajstić information content (AvgIpc) is 3.25. The van der Waals surface area contributed by atoms with Gasteiger partial charge >= 0.3 is 6.03 Å². The number of hydrogen-bond donors (Lipinski definition) is 2. The van der Waals surface area contributed by atoms with Crippen molar-refractivity contribution in [3.8, 4) is 0 Å². The Balaban J connectivity index is 1.70. The fraction of sp³-hybridized carbons (Fsp3) is 0.533. The summed E-state index contributed by atoms with van der Waals surface area (Å²) in [5.41, 5.74) is 0.591. The molecule has 2 N–H and O–H groups in total. The molecule has 0 aliphatic heterocycles. The molecular formula is C15H21FN2O2. The van der Waals surface area contributed by atoms with Crippen LogP contribution in [-0.4, -0.2) is 42.3 Å². The first-order chi connectivity index (χ1) is 9.58. The van der Waals surface area contributed by atoms with Gasteiger partial charge in [-0.1, -0.05) is 18.2 Å². The van der Waals surface area contributed by atoms with E-state index in [1.807, 2.05) is 0 Å². The highest BCUT2D eigenvalue weighted by Gasteiger charge is 2.31. The smallest absolute Gasteiger partial charge is 0.317 e. The zero-order valence-corrected chi connectivity index (χ0v) is 11.7. The number of carbonyl (C=O) groups excluding carboxylic acids is 1. The Morgan fingerprint density at radius 1 is 1.50 bits per heavy atom. The molecule has 4 nitrogen and oxygen atoms in total. The third kappa shape index (κ3) is 4.20. The molecule has 1 aromatic rings. The number of carbonyl (C=O) groups is 1. The molecule has 110 valence electrons. The molecule has 1 saturated carbocycles. The van der Waals surface area contributed by atoms with Crippen LogP contribution in [0.4, 0.5) is 9.18 Å². The second kappa shape index (κ2) is 6.70. The number of aliphatic hydroxyl groups is 1. The third-order valence-corrected chi connectivity index (χ3v) is 3.60. The van der Waals surface area contributed by atoms with Crippen molar-refractivity contribution in [3.05, 3.63) is 35.6 Å². The van der Waals surface area contributed by atoms with Crippen molar-refractivity contribution >= 4 is 6.03 Å². The molecule has 1 aliphatic carbocycles. The second-order valence-corrected chi connectivity index (χ2v) is 5.36. The van der Waals surface area contributed by atoms with Crippen LogP contribution in [0.15, 0.2) is 24.3 Å². The lowest BCUT2D eigenvalue weighted by Crippen LogP contribution is -2.42. The number of rotatable bonds is 6. The molecule has 20 heavy (non-hydrogen) atoms. The molecule has 1 atom stereocenters. The molecular weight excluding hydrogens is 259 g/mol. The van der Waals surface area contributed by atoms with E-state index in [1.165, 1.54) is 11.0 Å². The van der Waals surface area contributed by atoms with Crippen LogP contribution in [-0.2, 0) is 6.42 Å². The van der Waals surface area contributed by atoms with Crippen molar-refractivity contribution in [1.29, 1.82) is 0 Å². The van der Waals surface area contributed by atoms with Crippen molar-refractivity contribution in [1.82, 2.24) is 10.2 Å². The summed E-state index contributed by atoms with van der Waals surface area (Å²) in [5, 5.41) is 12.5. The van der Waals surface area contributed by atoms with E-state index < -0.39 is 6.10 Å². The Morgan fingerprint density at radius 2 is 2.20 bits per heavy atom. The first kappa shape index (κ1) is 14.8. The lowest BCUT2D eigenvalue weighted by atomic mass is 10.1. The van der Waals surface area contributed by atoms with Gasteiger partial charge < -0.3 is 15.3 Å². The fourth-order valence-electron chi connectivity index (χ4n) is 2.13. The number of urea groups is 1. The van der Waals surface area contributed by atoms with E-state index in [4.69, 9.17) is 0 Å². The van der Waals surface area contributed by atoms with Crippen LogP contribution in [0.5, 0.6) is 0 Å². The Kier molecular flexibility index (Phi) is 4.95. The molecule has 1 aromatic carbocycles. The summed E-state index contributed by atoms with van der Waals surface area (Å²) in [6.07, 6.45) is 2.11. The third-order valence-electron chi connectivity index (χ3n) is 3.60. The van der Waals surface area contributed by atoms with Crippen molar-refractivity contribution in [3.63, 3.8) is 0 Å². The number of benzene rings is 1. The summed E-state index contributed by atoms with van der Waals surface area (Å²) in [5.74, 6) is 0.0999. The number of amides is 2. The van der Waals surface area contributed by atoms with Crippen LogP contribution in [0.2, 0.25) is 0 Å². The van der Waals surface area contributed by atoms with Crippen LogP contribution in [0.1, 0.15) is 18.4 Å². The monoisotopic (exact) mass is 280 g/mol. The van der Waals surface area contributed by atoms with Crippen molar-refractivity contribution in [2.75, 3.05) is 20.1 Å². The second-order valence-electron chi connectivity index (χ2n) is 5.36. The van der Waals surface area contributed by atoms with Gasteiger partial charge in [0.15, 0.2) is 0 Å². The Bertz CT molecular complexity index is 463. The molecule has 0 spiro atoms. The van der Waals surface area contributed by atoms with E-state index >= 15 is 0 Å². The normalized spacial score (nSPS) is 15.8. The maximum absolute atomic E-state index is 13.4. The lowest BCUT2D eigenvalue weighted by molar-refractivity contribution is 0.113. The topological polar surface area (TPSA) is 52.6 Å². The van der Waals surface area contributed by atoms with E-state index in [0.717, 1.165) is 12.8 Å². The Hall–Kier alpha value is -1.62. The van der Waals surface area contributed by atoms with Gasteiger partial charge in [-0.25, -0.2) is 9.18 Å². The quantitative estimate of drug-likeness (QED) is 0.834. The molecule has 0 saturated heterocycles. The Morgan fingerprint density at radius 3 is 2.85 bits per heavy atom. The van der Waals surface area contributed by atoms with Gasteiger partial charge in [-0.15, -0.1) is 0 Å². The van der Waals surface area contributed by atoms with Gasteiger partial charge in [-0.05, 0) is 36.8 Å². The molecule has 0 aromatic heterocycles. The molecule has 2 amide bonds. The summed E-state index contributed by atoms with van der Waals surface area (Å²) in [6.45, 7) is 0.722. The predicted octanol–water partition coefficient (Wildman–Crippen LogP) is 1.78. The zero-order chi connectivity index (χ0) is 14.5. The molecule has 0 radical (unpaired) electrons. The first-order valence-corrected chi connectivity index (χ1v) is 6.98. The number of likely N-dealkylation sites (N-methyl/N-ethyl adjacent to an activating group) is 1. The average molecular weight is 280 g/mol. The number of halogens is 1. The van der Waals surface area contributed by atoms with Crippen LogP contribution >= 0.6 is 0 Å². The van der Waals surface area contributed by atoms with Gasteiger partial charge in [0.2, 0.25) is 0 Å². The summed E-state index contributed by atoms with van der Waals surface area (Å²) in [7, 11) is 1.66. The molecule has 1 unspecified atom stereocenters. The van der Waals surface area contributed by atoms with Gasteiger partial charge in [-0.3, -0.25) is 0 Å².